The van der Waals surface area contributed by atoms with Crippen molar-refractivity contribution in [3.63, 3.8) is 0 Å². The molecule has 3 heterocycles. The molecule has 2 aromatic rings. The van der Waals surface area contributed by atoms with Gasteiger partial charge in [-0.15, -0.1) is 0 Å². The summed E-state index contributed by atoms with van der Waals surface area (Å²) in [5, 5.41) is 0. The molecule has 0 unspecified atom stereocenters. The topological polar surface area (TPSA) is 59.4 Å². The Morgan fingerprint density at radius 1 is 1.09 bits per heavy atom. The molecular formula is C26H33FN3O3+. The van der Waals surface area contributed by atoms with Crippen molar-refractivity contribution in [2.75, 3.05) is 40.3 Å². The monoisotopic (exact) mass is 454 g/mol. The van der Waals surface area contributed by atoms with Crippen LogP contribution in [0.5, 0.6) is 0 Å². The van der Waals surface area contributed by atoms with Gasteiger partial charge in [0.05, 0.1) is 26.7 Å². The maximum absolute atomic E-state index is 13.1. The first-order valence-electron chi connectivity index (χ1n) is 11.9. The van der Waals surface area contributed by atoms with Gasteiger partial charge in [0.15, 0.2) is 11.6 Å². The molecule has 0 spiro atoms. The largest absolute Gasteiger partial charge is 0.343 e. The summed E-state index contributed by atoms with van der Waals surface area (Å²) in [6.45, 7) is 4.11. The molecule has 0 aliphatic carbocycles. The first-order chi connectivity index (χ1) is 15.8. The van der Waals surface area contributed by atoms with Crippen LogP contribution in [0.15, 0.2) is 36.5 Å². The number of ketones is 2. The van der Waals surface area contributed by atoms with Gasteiger partial charge in [-0.25, -0.2) is 4.39 Å². The highest BCUT2D eigenvalue weighted by molar-refractivity contribution is 6.08. The van der Waals surface area contributed by atoms with E-state index in [1.165, 1.54) is 12.1 Å². The molecule has 4 rings (SSSR count). The third kappa shape index (κ3) is 5.08. The lowest BCUT2D eigenvalue weighted by Crippen LogP contribution is -2.51. The molecule has 1 aromatic heterocycles. The lowest BCUT2D eigenvalue weighted by molar-refractivity contribution is -0.915. The number of hydrogen-bond acceptors (Lipinski definition) is 3. The number of piperidine rings is 1. The van der Waals surface area contributed by atoms with Crippen LogP contribution in [0.25, 0.3) is 0 Å². The Kier molecular flexibility index (Phi) is 6.79. The molecule has 1 amide bonds. The Labute approximate surface area is 194 Å². The van der Waals surface area contributed by atoms with Crippen molar-refractivity contribution in [2.24, 2.45) is 5.92 Å². The van der Waals surface area contributed by atoms with Crippen LogP contribution >= 0.6 is 0 Å². The first-order valence-corrected chi connectivity index (χ1v) is 11.9. The second kappa shape index (κ2) is 9.59. The minimum absolute atomic E-state index is 0.0116. The highest BCUT2D eigenvalue weighted by Crippen LogP contribution is 2.26. The summed E-state index contributed by atoms with van der Waals surface area (Å²) < 4.78 is 16.0. The molecule has 1 aromatic carbocycles. The summed E-state index contributed by atoms with van der Waals surface area (Å²) in [6, 6.07) is 7.64. The average Bonchev–Trinajstić information content (AvgIpc) is 3.20. The van der Waals surface area contributed by atoms with Gasteiger partial charge in [-0.2, -0.15) is 0 Å². The fourth-order valence-corrected chi connectivity index (χ4v) is 5.11. The predicted octanol–water partition coefficient (Wildman–Crippen LogP) is 3.81. The number of fused-ring (bicyclic) bond motifs is 1. The maximum atomic E-state index is 13.1. The predicted molar refractivity (Wildman–Crippen MR) is 124 cm³/mol. The number of benzene rings is 1. The smallest absolute Gasteiger partial charge is 0.270 e. The van der Waals surface area contributed by atoms with Crippen LogP contribution in [0, 0.1) is 11.7 Å². The molecule has 6 nitrogen and oxygen atoms in total. The van der Waals surface area contributed by atoms with Crippen LogP contribution in [0.4, 0.5) is 4.39 Å². The van der Waals surface area contributed by atoms with E-state index < -0.39 is 0 Å². The van der Waals surface area contributed by atoms with Crippen LogP contribution < -0.4 is 0 Å². The summed E-state index contributed by atoms with van der Waals surface area (Å²) in [5.41, 5.74) is 1.68. The number of rotatable bonds is 7. The Morgan fingerprint density at radius 2 is 1.79 bits per heavy atom. The van der Waals surface area contributed by atoms with E-state index in [-0.39, 0.29) is 29.2 Å². The highest BCUT2D eigenvalue weighted by Gasteiger charge is 2.33. The number of unbranched alkanes of at least 4 members (excludes halogenated alkanes) is 1. The fourth-order valence-electron chi connectivity index (χ4n) is 5.11. The quantitative estimate of drug-likeness (QED) is 0.363. The molecule has 2 aliphatic rings. The van der Waals surface area contributed by atoms with Gasteiger partial charge in [0, 0.05) is 62.6 Å². The number of carbonyl (C=O) groups is 3. The van der Waals surface area contributed by atoms with Crippen LogP contribution in [0.3, 0.4) is 0 Å². The number of quaternary nitrogens is 1. The molecule has 0 bridgehead atoms. The molecule has 0 atom stereocenters. The number of carbonyl (C=O) groups excluding carboxylic acids is 3. The SMILES string of the molecule is CN1CCC(=O)c2ccn(CCCC[N+]3(C)CCC(C(=O)c4ccc(F)cc4)CC3)c2C1=O. The van der Waals surface area contributed by atoms with Gasteiger partial charge in [0.2, 0.25) is 0 Å². The number of Topliss-reactive ketones (excluding diaryl/α,β-unsaturated/α-hetero) is 2. The summed E-state index contributed by atoms with van der Waals surface area (Å²) in [7, 11) is 4.00. The zero-order valence-electron chi connectivity index (χ0n) is 19.6. The number of hydrogen-bond donors (Lipinski definition) is 0. The first kappa shape index (κ1) is 23.4. The van der Waals surface area contributed by atoms with Gasteiger partial charge >= 0.3 is 0 Å². The van der Waals surface area contributed by atoms with E-state index in [4.69, 9.17) is 0 Å². The third-order valence-electron chi connectivity index (χ3n) is 7.37. The minimum atomic E-state index is -0.321. The van der Waals surface area contributed by atoms with Crippen molar-refractivity contribution >= 4 is 17.5 Å². The number of aromatic nitrogens is 1. The van der Waals surface area contributed by atoms with Crippen LogP contribution in [-0.4, -0.2) is 71.7 Å². The molecule has 1 fully saturated rings. The summed E-state index contributed by atoms with van der Waals surface area (Å²) in [6.07, 6.45) is 5.87. The van der Waals surface area contributed by atoms with E-state index in [2.05, 4.69) is 7.05 Å². The van der Waals surface area contributed by atoms with E-state index in [0.717, 1.165) is 49.8 Å². The maximum Gasteiger partial charge on any atom is 0.270 e. The second-order valence-corrected chi connectivity index (χ2v) is 9.81. The van der Waals surface area contributed by atoms with Gasteiger partial charge in [-0.1, -0.05) is 0 Å². The van der Waals surface area contributed by atoms with E-state index in [1.54, 1.807) is 30.1 Å². The Morgan fingerprint density at radius 3 is 2.48 bits per heavy atom. The van der Waals surface area contributed by atoms with E-state index in [9.17, 15) is 18.8 Å². The van der Waals surface area contributed by atoms with Crippen molar-refractivity contribution < 1.29 is 23.3 Å². The van der Waals surface area contributed by atoms with Crippen molar-refractivity contribution in [1.29, 1.82) is 0 Å². The van der Waals surface area contributed by atoms with Gasteiger partial charge < -0.3 is 14.0 Å². The summed E-state index contributed by atoms with van der Waals surface area (Å²) >= 11 is 0. The molecular weight excluding hydrogens is 421 g/mol. The molecule has 0 N–H and O–H groups in total. The van der Waals surface area contributed by atoms with Gasteiger partial charge in [0.1, 0.15) is 11.5 Å². The number of halogens is 1. The Balaban J connectivity index is 1.27. The highest BCUT2D eigenvalue weighted by atomic mass is 19.1. The normalized spacial score (nSPS) is 23.4. The molecule has 2 aliphatic heterocycles. The molecule has 0 saturated carbocycles. The zero-order chi connectivity index (χ0) is 23.6. The van der Waals surface area contributed by atoms with Crippen molar-refractivity contribution in [3.8, 4) is 0 Å². The van der Waals surface area contributed by atoms with Crippen LogP contribution in [0.2, 0.25) is 0 Å². The lowest BCUT2D eigenvalue weighted by Gasteiger charge is -2.40. The molecule has 1 saturated heterocycles. The van der Waals surface area contributed by atoms with E-state index in [1.807, 2.05) is 10.8 Å². The number of aryl methyl sites for hydroxylation is 1. The van der Waals surface area contributed by atoms with Crippen LogP contribution in [0.1, 0.15) is 63.3 Å². The molecule has 176 valence electrons. The number of nitrogens with zero attached hydrogens (tertiary/aromatic N) is 3. The van der Waals surface area contributed by atoms with Gasteiger partial charge in [-0.3, -0.25) is 14.4 Å². The Bertz CT molecular complexity index is 1040. The zero-order valence-corrected chi connectivity index (χ0v) is 19.6. The van der Waals surface area contributed by atoms with Gasteiger partial charge in [-0.05, 0) is 43.2 Å². The van der Waals surface area contributed by atoms with Crippen molar-refractivity contribution in [2.45, 2.75) is 38.6 Å². The molecule has 7 heteroatoms. The number of likely N-dealkylation sites (tertiary alicyclic amines) is 1. The molecule has 0 radical (unpaired) electrons. The van der Waals surface area contributed by atoms with E-state index >= 15 is 0 Å². The average molecular weight is 455 g/mol. The number of amides is 1. The summed E-state index contributed by atoms with van der Waals surface area (Å²) in [4.78, 5) is 39.4. The van der Waals surface area contributed by atoms with Crippen LogP contribution in [-0.2, 0) is 6.54 Å². The fraction of sp³-hybridized carbons (Fsp3) is 0.500. The standard InChI is InChI=1S/C26H33FN3O3/c1-28-14-10-23(31)22-9-15-29(24(22)26(28)33)13-3-4-16-30(2)17-11-20(12-18-30)25(32)19-5-7-21(27)8-6-19/h5-9,15,20H,3-4,10-14,16-18H2,1-2H3/q+1. The van der Waals surface area contributed by atoms with E-state index in [0.29, 0.717) is 36.3 Å². The lowest BCUT2D eigenvalue weighted by atomic mass is 9.88. The van der Waals surface area contributed by atoms with Gasteiger partial charge in [0.25, 0.3) is 5.91 Å². The summed E-state index contributed by atoms with van der Waals surface area (Å²) in [5.74, 6) is -0.222. The third-order valence-corrected chi connectivity index (χ3v) is 7.37. The minimum Gasteiger partial charge on any atom is -0.343 e. The second-order valence-electron chi connectivity index (χ2n) is 9.81. The van der Waals surface area contributed by atoms with Crippen molar-refractivity contribution in [3.05, 3.63) is 59.2 Å². The molecule has 33 heavy (non-hydrogen) atoms. The van der Waals surface area contributed by atoms with Crippen molar-refractivity contribution in [1.82, 2.24) is 9.47 Å². The Hall–Kier alpha value is -2.80.